The van der Waals surface area contributed by atoms with Gasteiger partial charge in [-0.05, 0) is 24.3 Å². The molecule has 1 saturated heterocycles. The normalized spacial score (nSPS) is 20.1. The minimum atomic E-state index is -0.528. The van der Waals surface area contributed by atoms with Gasteiger partial charge in [0.05, 0.1) is 12.7 Å². The van der Waals surface area contributed by atoms with Crippen molar-refractivity contribution in [1.82, 2.24) is 0 Å². The van der Waals surface area contributed by atoms with Crippen LogP contribution in [0.5, 0.6) is 5.75 Å². The summed E-state index contributed by atoms with van der Waals surface area (Å²) in [4.78, 5) is 12.5. The third-order valence-electron chi connectivity index (χ3n) is 3.39. The van der Waals surface area contributed by atoms with Gasteiger partial charge in [-0.2, -0.15) is 0 Å². The lowest BCUT2D eigenvalue weighted by Gasteiger charge is -2.05. The number of hydrogen-bond donors (Lipinski definition) is 0. The highest BCUT2D eigenvalue weighted by Crippen LogP contribution is 2.44. The first-order valence-corrected chi connectivity index (χ1v) is 7.15. The summed E-state index contributed by atoms with van der Waals surface area (Å²) in [7, 11) is 1.54. The third kappa shape index (κ3) is 2.77. The first-order chi connectivity index (χ1) is 10.1. The number of halogens is 2. The quantitative estimate of drug-likeness (QED) is 0.621. The molecule has 3 rings (SSSR count). The van der Waals surface area contributed by atoms with E-state index in [0.717, 1.165) is 5.56 Å². The number of carbonyl (C=O) groups excluding carboxylic acids is 1. The molecule has 2 unspecified atom stereocenters. The molecule has 1 heterocycles. The summed E-state index contributed by atoms with van der Waals surface area (Å²) in [5, 5.41) is 1.06. The predicted molar refractivity (Wildman–Crippen MR) is 81.4 cm³/mol. The molecule has 3 nitrogen and oxygen atoms in total. The fourth-order valence-corrected chi connectivity index (χ4v) is 2.80. The fourth-order valence-electron chi connectivity index (χ4n) is 2.28. The largest absolute Gasteiger partial charge is 0.496 e. The van der Waals surface area contributed by atoms with Crippen molar-refractivity contribution >= 4 is 29.0 Å². The van der Waals surface area contributed by atoms with Gasteiger partial charge in [-0.25, -0.2) is 0 Å². The monoisotopic (exact) mass is 322 g/mol. The topological polar surface area (TPSA) is 38.8 Å². The van der Waals surface area contributed by atoms with E-state index in [9.17, 15) is 4.79 Å². The number of para-hydroxylation sites is 1. The molecule has 0 bridgehead atoms. The summed E-state index contributed by atoms with van der Waals surface area (Å²) >= 11 is 12.0. The van der Waals surface area contributed by atoms with E-state index in [2.05, 4.69) is 0 Å². The second-order valence-electron chi connectivity index (χ2n) is 4.71. The van der Waals surface area contributed by atoms with Crippen molar-refractivity contribution in [2.75, 3.05) is 7.11 Å². The van der Waals surface area contributed by atoms with Crippen LogP contribution >= 0.6 is 23.2 Å². The van der Waals surface area contributed by atoms with Crippen molar-refractivity contribution in [2.24, 2.45) is 0 Å². The standard InChI is InChI=1S/C16H12Cl2O3/c1-20-13-5-3-2-4-11(13)14(19)16-15(21-16)10-7-6-9(17)8-12(10)18/h2-8,15-16H,1H3. The Balaban J connectivity index is 1.83. The maximum Gasteiger partial charge on any atom is 0.198 e. The molecule has 0 N–H and O–H groups in total. The van der Waals surface area contributed by atoms with Gasteiger partial charge in [-0.1, -0.05) is 41.4 Å². The van der Waals surface area contributed by atoms with E-state index in [0.29, 0.717) is 21.4 Å². The minimum Gasteiger partial charge on any atom is -0.496 e. The smallest absolute Gasteiger partial charge is 0.198 e. The Morgan fingerprint density at radius 3 is 2.67 bits per heavy atom. The zero-order valence-electron chi connectivity index (χ0n) is 11.2. The number of epoxide rings is 1. The predicted octanol–water partition coefficient (Wildman–Crippen LogP) is 4.32. The van der Waals surface area contributed by atoms with Crippen molar-refractivity contribution in [3.8, 4) is 5.75 Å². The number of Topliss-reactive ketones (excluding diaryl/α,β-unsaturated/α-hetero) is 1. The van der Waals surface area contributed by atoms with Crippen LogP contribution in [-0.4, -0.2) is 19.0 Å². The summed E-state index contributed by atoms with van der Waals surface area (Å²) < 4.78 is 10.7. The van der Waals surface area contributed by atoms with Crippen LogP contribution in [0.1, 0.15) is 22.0 Å². The van der Waals surface area contributed by atoms with Gasteiger partial charge in [-0.15, -0.1) is 0 Å². The number of rotatable bonds is 4. The lowest BCUT2D eigenvalue weighted by atomic mass is 10.0. The van der Waals surface area contributed by atoms with E-state index >= 15 is 0 Å². The third-order valence-corrected chi connectivity index (χ3v) is 3.95. The van der Waals surface area contributed by atoms with Crippen LogP contribution in [-0.2, 0) is 4.74 Å². The molecule has 1 aliphatic rings. The minimum absolute atomic E-state index is 0.108. The Morgan fingerprint density at radius 1 is 1.19 bits per heavy atom. The summed E-state index contributed by atoms with van der Waals surface area (Å²) in [6.07, 6.45) is -0.854. The van der Waals surface area contributed by atoms with Crippen molar-refractivity contribution in [1.29, 1.82) is 0 Å². The molecule has 1 aliphatic heterocycles. The Kier molecular flexibility index (Phi) is 3.89. The maximum atomic E-state index is 12.5. The molecule has 2 aromatic carbocycles. The molecule has 21 heavy (non-hydrogen) atoms. The first-order valence-electron chi connectivity index (χ1n) is 6.39. The second kappa shape index (κ2) is 5.68. The molecule has 1 fully saturated rings. The van der Waals surface area contributed by atoms with Gasteiger partial charge in [0.1, 0.15) is 11.9 Å². The number of methoxy groups -OCH3 is 1. The maximum absolute atomic E-state index is 12.5. The van der Waals surface area contributed by atoms with E-state index in [1.165, 1.54) is 7.11 Å². The number of ketones is 1. The number of benzene rings is 2. The van der Waals surface area contributed by atoms with Gasteiger partial charge < -0.3 is 9.47 Å². The molecular formula is C16H12Cl2O3. The van der Waals surface area contributed by atoms with E-state index in [4.69, 9.17) is 32.7 Å². The number of carbonyl (C=O) groups is 1. The molecule has 0 radical (unpaired) electrons. The molecule has 0 aliphatic carbocycles. The Hall–Kier alpha value is -1.55. The molecule has 2 aromatic rings. The van der Waals surface area contributed by atoms with Gasteiger partial charge in [-0.3, -0.25) is 4.79 Å². The van der Waals surface area contributed by atoms with Crippen LogP contribution in [0.3, 0.4) is 0 Å². The highest BCUT2D eigenvalue weighted by atomic mass is 35.5. The summed E-state index contributed by atoms with van der Waals surface area (Å²) in [5.41, 5.74) is 1.28. The van der Waals surface area contributed by atoms with Crippen molar-refractivity contribution in [3.05, 3.63) is 63.6 Å². The van der Waals surface area contributed by atoms with Crippen LogP contribution in [0.15, 0.2) is 42.5 Å². The number of hydrogen-bond acceptors (Lipinski definition) is 3. The Morgan fingerprint density at radius 2 is 1.95 bits per heavy atom. The molecule has 0 saturated carbocycles. The molecule has 0 spiro atoms. The van der Waals surface area contributed by atoms with Crippen molar-refractivity contribution in [2.45, 2.75) is 12.2 Å². The van der Waals surface area contributed by atoms with E-state index in [1.807, 2.05) is 6.07 Å². The zero-order chi connectivity index (χ0) is 15.0. The summed E-state index contributed by atoms with van der Waals surface area (Å²) in [5.74, 6) is 0.433. The van der Waals surface area contributed by atoms with Gasteiger partial charge in [0.2, 0.25) is 0 Å². The first kappa shape index (κ1) is 14.4. The van der Waals surface area contributed by atoms with Gasteiger partial charge in [0.25, 0.3) is 0 Å². The van der Waals surface area contributed by atoms with Gasteiger partial charge >= 0.3 is 0 Å². The lowest BCUT2D eigenvalue weighted by molar-refractivity contribution is 0.0950. The summed E-state index contributed by atoms with van der Waals surface area (Å²) in [6, 6.07) is 12.2. The molecule has 108 valence electrons. The van der Waals surface area contributed by atoms with Crippen LogP contribution < -0.4 is 4.74 Å². The van der Waals surface area contributed by atoms with Gasteiger partial charge in [0, 0.05) is 15.6 Å². The molecule has 0 aromatic heterocycles. The van der Waals surface area contributed by atoms with E-state index in [-0.39, 0.29) is 11.9 Å². The zero-order valence-corrected chi connectivity index (χ0v) is 12.7. The average Bonchev–Trinajstić information content (AvgIpc) is 3.26. The van der Waals surface area contributed by atoms with E-state index in [1.54, 1.807) is 36.4 Å². The second-order valence-corrected chi connectivity index (χ2v) is 5.55. The van der Waals surface area contributed by atoms with Crippen molar-refractivity contribution < 1.29 is 14.3 Å². The van der Waals surface area contributed by atoms with Gasteiger partial charge in [0.15, 0.2) is 11.9 Å². The lowest BCUT2D eigenvalue weighted by Crippen LogP contribution is -2.10. The number of ether oxygens (including phenoxy) is 2. The SMILES string of the molecule is COc1ccccc1C(=O)C1OC1c1ccc(Cl)cc1Cl. The summed E-state index contributed by atoms with van der Waals surface area (Å²) in [6.45, 7) is 0. The fraction of sp³-hybridized carbons (Fsp3) is 0.188. The highest BCUT2D eigenvalue weighted by Gasteiger charge is 2.47. The average molecular weight is 323 g/mol. The van der Waals surface area contributed by atoms with Crippen LogP contribution in [0.25, 0.3) is 0 Å². The van der Waals surface area contributed by atoms with E-state index < -0.39 is 6.10 Å². The molecule has 5 heteroatoms. The van der Waals surface area contributed by atoms with Crippen molar-refractivity contribution in [3.63, 3.8) is 0 Å². The molecular weight excluding hydrogens is 311 g/mol. The Labute approximate surface area is 132 Å². The Bertz CT molecular complexity index is 700. The molecule has 0 amide bonds. The molecule has 2 atom stereocenters. The van der Waals surface area contributed by atoms with Crippen LogP contribution in [0.2, 0.25) is 10.0 Å². The van der Waals surface area contributed by atoms with Crippen LogP contribution in [0.4, 0.5) is 0 Å². The highest BCUT2D eigenvalue weighted by molar-refractivity contribution is 6.35. The van der Waals surface area contributed by atoms with Crippen LogP contribution in [0, 0.1) is 0 Å².